The van der Waals surface area contributed by atoms with Gasteiger partial charge in [0.15, 0.2) is 5.69 Å². The Balaban J connectivity index is 2.14. The average molecular weight is 260 g/mol. The minimum atomic E-state index is -4.50. The van der Waals surface area contributed by atoms with Crippen molar-refractivity contribution in [1.29, 1.82) is 0 Å². The van der Waals surface area contributed by atoms with Crippen molar-refractivity contribution in [2.24, 2.45) is 0 Å². The van der Waals surface area contributed by atoms with Crippen LogP contribution in [0.5, 0.6) is 0 Å². The van der Waals surface area contributed by atoms with Gasteiger partial charge >= 0.3 is 12.1 Å². The number of aromatic carboxylic acids is 1. The molecule has 96 valence electrons. The summed E-state index contributed by atoms with van der Waals surface area (Å²) in [7, 11) is 0. The van der Waals surface area contributed by atoms with Crippen molar-refractivity contribution in [2.75, 3.05) is 0 Å². The number of carboxylic acids is 1. The number of carboxylic acid groups (broad SMARTS) is 1. The zero-order valence-corrected chi connectivity index (χ0v) is 8.81. The maximum absolute atomic E-state index is 12.3. The fourth-order valence-electron chi connectivity index (χ4n) is 1.34. The maximum atomic E-state index is 12.3. The first-order valence-electron chi connectivity index (χ1n) is 4.79. The molecule has 8 heteroatoms. The zero-order chi connectivity index (χ0) is 13.3. The normalized spacial score (nSPS) is 11.7. The molecule has 0 aliphatic rings. The Morgan fingerprint density at radius 3 is 2.61 bits per heavy atom. The SMILES string of the molecule is O=C(O)c1ccc(Cn2ccc(C(F)(F)F)n2)o1. The van der Waals surface area contributed by atoms with Gasteiger partial charge in [-0.05, 0) is 18.2 Å². The van der Waals surface area contributed by atoms with Crippen LogP contribution in [0.25, 0.3) is 0 Å². The molecule has 0 aromatic carbocycles. The average Bonchev–Trinajstić information content (AvgIpc) is 2.85. The smallest absolute Gasteiger partial charge is 0.435 e. The Hall–Kier alpha value is -2.25. The predicted octanol–water partition coefficient (Wildman–Crippen LogP) is 2.24. The van der Waals surface area contributed by atoms with Gasteiger partial charge in [0.25, 0.3) is 0 Å². The van der Waals surface area contributed by atoms with Gasteiger partial charge in [-0.25, -0.2) is 4.79 Å². The van der Waals surface area contributed by atoms with Gasteiger partial charge < -0.3 is 9.52 Å². The topological polar surface area (TPSA) is 68.3 Å². The summed E-state index contributed by atoms with van der Waals surface area (Å²) in [4.78, 5) is 10.5. The summed E-state index contributed by atoms with van der Waals surface area (Å²) in [6.45, 7) is -0.0661. The van der Waals surface area contributed by atoms with E-state index < -0.39 is 17.8 Å². The van der Waals surface area contributed by atoms with Gasteiger partial charge in [0.1, 0.15) is 5.76 Å². The van der Waals surface area contributed by atoms with Gasteiger partial charge in [-0.2, -0.15) is 18.3 Å². The Kier molecular flexibility index (Phi) is 2.85. The van der Waals surface area contributed by atoms with Crippen LogP contribution >= 0.6 is 0 Å². The second-order valence-corrected chi connectivity index (χ2v) is 3.47. The molecule has 2 aromatic rings. The van der Waals surface area contributed by atoms with Crippen LogP contribution < -0.4 is 0 Å². The molecular weight excluding hydrogens is 253 g/mol. The van der Waals surface area contributed by atoms with Gasteiger partial charge in [-0.15, -0.1) is 0 Å². The lowest BCUT2D eigenvalue weighted by Gasteiger charge is -2.01. The predicted molar refractivity (Wildman–Crippen MR) is 52.0 cm³/mol. The first kappa shape index (κ1) is 12.2. The number of aromatic nitrogens is 2. The van der Waals surface area contributed by atoms with Crippen molar-refractivity contribution < 1.29 is 27.5 Å². The first-order chi connectivity index (χ1) is 8.36. The second kappa shape index (κ2) is 4.21. The van der Waals surface area contributed by atoms with Crippen molar-refractivity contribution in [2.45, 2.75) is 12.7 Å². The van der Waals surface area contributed by atoms with E-state index in [2.05, 4.69) is 5.10 Å². The van der Waals surface area contributed by atoms with E-state index in [1.54, 1.807) is 0 Å². The van der Waals surface area contributed by atoms with E-state index in [-0.39, 0.29) is 18.1 Å². The first-order valence-corrected chi connectivity index (χ1v) is 4.79. The lowest BCUT2D eigenvalue weighted by Crippen LogP contribution is -2.08. The van der Waals surface area contributed by atoms with E-state index in [0.29, 0.717) is 0 Å². The van der Waals surface area contributed by atoms with E-state index >= 15 is 0 Å². The van der Waals surface area contributed by atoms with Crippen molar-refractivity contribution in [3.63, 3.8) is 0 Å². The highest BCUT2D eigenvalue weighted by Crippen LogP contribution is 2.27. The summed E-state index contributed by atoms with van der Waals surface area (Å²) >= 11 is 0. The number of furan rings is 1. The molecule has 0 unspecified atom stereocenters. The van der Waals surface area contributed by atoms with E-state index in [0.717, 1.165) is 16.9 Å². The molecule has 0 atom stereocenters. The number of hydrogen-bond donors (Lipinski definition) is 1. The third-order valence-electron chi connectivity index (χ3n) is 2.12. The van der Waals surface area contributed by atoms with Gasteiger partial charge in [-0.3, -0.25) is 4.68 Å². The van der Waals surface area contributed by atoms with Gasteiger partial charge in [0.05, 0.1) is 6.54 Å². The molecular formula is C10H7F3N2O3. The van der Waals surface area contributed by atoms with E-state index in [9.17, 15) is 18.0 Å². The number of rotatable bonds is 3. The largest absolute Gasteiger partial charge is 0.475 e. The molecule has 18 heavy (non-hydrogen) atoms. The summed E-state index contributed by atoms with van der Waals surface area (Å²) in [5, 5.41) is 11.9. The Morgan fingerprint density at radius 2 is 2.11 bits per heavy atom. The summed E-state index contributed by atoms with van der Waals surface area (Å²) in [5.74, 6) is -1.30. The van der Waals surface area contributed by atoms with Crippen molar-refractivity contribution in [3.05, 3.63) is 41.6 Å². The standard InChI is InChI=1S/C10H7F3N2O3/c11-10(12,13)8-3-4-15(14-8)5-6-1-2-7(18-6)9(16)17/h1-4H,5H2,(H,16,17). The van der Waals surface area contributed by atoms with Crippen molar-refractivity contribution >= 4 is 5.97 Å². The zero-order valence-electron chi connectivity index (χ0n) is 8.81. The highest BCUT2D eigenvalue weighted by molar-refractivity contribution is 5.84. The molecule has 2 rings (SSSR count). The lowest BCUT2D eigenvalue weighted by molar-refractivity contribution is -0.141. The molecule has 0 amide bonds. The van der Waals surface area contributed by atoms with Gasteiger partial charge in [0, 0.05) is 6.20 Å². The minimum absolute atomic E-state index is 0.0661. The molecule has 0 spiro atoms. The van der Waals surface area contributed by atoms with Crippen molar-refractivity contribution in [1.82, 2.24) is 9.78 Å². The summed E-state index contributed by atoms with van der Waals surface area (Å²) in [5.41, 5.74) is -1.01. The highest BCUT2D eigenvalue weighted by atomic mass is 19.4. The quantitative estimate of drug-likeness (QED) is 0.918. The molecule has 0 bridgehead atoms. The molecule has 0 saturated heterocycles. The fraction of sp³-hybridized carbons (Fsp3) is 0.200. The molecule has 0 aliphatic heterocycles. The van der Waals surface area contributed by atoms with E-state index in [1.807, 2.05) is 0 Å². The number of hydrogen-bond acceptors (Lipinski definition) is 3. The maximum Gasteiger partial charge on any atom is 0.435 e. The number of nitrogens with zero attached hydrogens (tertiary/aromatic N) is 2. The lowest BCUT2D eigenvalue weighted by atomic mass is 10.4. The van der Waals surface area contributed by atoms with Crippen LogP contribution in [0, 0.1) is 0 Å². The number of carbonyl (C=O) groups is 1. The van der Waals surface area contributed by atoms with Gasteiger partial charge in [0.2, 0.25) is 5.76 Å². The second-order valence-electron chi connectivity index (χ2n) is 3.47. The third kappa shape index (κ3) is 2.53. The molecule has 2 heterocycles. The minimum Gasteiger partial charge on any atom is -0.475 e. The van der Waals surface area contributed by atoms with E-state index in [1.165, 1.54) is 12.1 Å². The molecule has 0 radical (unpaired) electrons. The highest BCUT2D eigenvalue weighted by Gasteiger charge is 2.33. The van der Waals surface area contributed by atoms with Crippen LogP contribution in [0.3, 0.4) is 0 Å². The Morgan fingerprint density at radius 1 is 1.39 bits per heavy atom. The van der Waals surface area contributed by atoms with Crippen LogP contribution in [0.1, 0.15) is 22.0 Å². The third-order valence-corrected chi connectivity index (χ3v) is 2.12. The molecule has 5 nitrogen and oxygen atoms in total. The molecule has 0 aliphatic carbocycles. The summed E-state index contributed by atoms with van der Waals surface area (Å²) in [6, 6.07) is 3.44. The summed E-state index contributed by atoms with van der Waals surface area (Å²) < 4.78 is 42.7. The number of alkyl halides is 3. The van der Waals surface area contributed by atoms with E-state index in [4.69, 9.17) is 9.52 Å². The molecule has 0 saturated carbocycles. The summed E-state index contributed by atoms with van der Waals surface area (Å²) in [6.07, 6.45) is -3.35. The Bertz CT molecular complexity index is 571. The molecule has 0 fully saturated rings. The monoisotopic (exact) mass is 260 g/mol. The van der Waals surface area contributed by atoms with Crippen LogP contribution in [-0.4, -0.2) is 20.9 Å². The van der Waals surface area contributed by atoms with Crippen LogP contribution in [0.4, 0.5) is 13.2 Å². The fourth-order valence-corrected chi connectivity index (χ4v) is 1.34. The molecule has 2 aromatic heterocycles. The van der Waals surface area contributed by atoms with Crippen LogP contribution in [0.2, 0.25) is 0 Å². The van der Waals surface area contributed by atoms with Crippen LogP contribution in [-0.2, 0) is 12.7 Å². The molecule has 1 N–H and O–H groups in total. The van der Waals surface area contributed by atoms with Crippen LogP contribution in [0.15, 0.2) is 28.8 Å². The van der Waals surface area contributed by atoms with Crippen molar-refractivity contribution in [3.8, 4) is 0 Å². The Labute approximate surface area is 98.4 Å². The van der Waals surface area contributed by atoms with Gasteiger partial charge in [-0.1, -0.05) is 0 Å². The number of halogens is 3.